The molecule has 1 unspecified atom stereocenters. The van der Waals surface area contributed by atoms with E-state index in [1.165, 1.54) is 5.56 Å². The van der Waals surface area contributed by atoms with Gasteiger partial charge in [0.05, 0.1) is 24.3 Å². The second-order valence-corrected chi connectivity index (χ2v) is 4.50. The van der Waals surface area contributed by atoms with Gasteiger partial charge in [0.15, 0.2) is 0 Å². The predicted molar refractivity (Wildman–Crippen MR) is 72.2 cm³/mol. The summed E-state index contributed by atoms with van der Waals surface area (Å²) in [5, 5.41) is 10.1. The lowest BCUT2D eigenvalue weighted by Gasteiger charge is -2.12. The van der Waals surface area contributed by atoms with Crippen LogP contribution in [0.15, 0.2) is 42.9 Å². The molecule has 0 aliphatic carbocycles. The summed E-state index contributed by atoms with van der Waals surface area (Å²) in [5.74, 6) is 0. The van der Waals surface area contributed by atoms with E-state index in [0.717, 1.165) is 31.5 Å². The Morgan fingerprint density at radius 1 is 1.28 bits per heavy atom. The van der Waals surface area contributed by atoms with Crippen molar-refractivity contribution in [1.29, 1.82) is 0 Å². The fourth-order valence-corrected chi connectivity index (χ4v) is 2.16. The van der Waals surface area contributed by atoms with E-state index in [9.17, 15) is 5.11 Å². The normalized spacial score (nSPS) is 12.6. The smallest absolute Gasteiger partial charge is 0.0955 e. The zero-order valence-corrected chi connectivity index (χ0v) is 10.8. The van der Waals surface area contributed by atoms with Gasteiger partial charge in [0, 0.05) is 6.54 Å². The van der Waals surface area contributed by atoms with Gasteiger partial charge in [0.25, 0.3) is 0 Å². The van der Waals surface area contributed by atoms with Crippen molar-refractivity contribution in [2.75, 3.05) is 0 Å². The third-order valence-electron chi connectivity index (χ3n) is 3.21. The number of benzene rings is 1. The van der Waals surface area contributed by atoms with Crippen LogP contribution >= 0.6 is 0 Å². The number of hydrogen-bond acceptors (Lipinski definition) is 2. The molecule has 0 bridgehead atoms. The summed E-state index contributed by atoms with van der Waals surface area (Å²) in [6.45, 7) is 2.91. The van der Waals surface area contributed by atoms with Crippen molar-refractivity contribution >= 4 is 0 Å². The van der Waals surface area contributed by atoms with Crippen molar-refractivity contribution in [3.63, 3.8) is 0 Å². The van der Waals surface area contributed by atoms with Gasteiger partial charge in [0.1, 0.15) is 0 Å². The molecule has 0 fully saturated rings. The number of imidazole rings is 1. The van der Waals surface area contributed by atoms with Crippen molar-refractivity contribution in [3.8, 4) is 0 Å². The Morgan fingerprint density at radius 3 is 2.78 bits per heavy atom. The lowest BCUT2D eigenvalue weighted by atomic mass is 10.0. The first kappa shape index (κ1) is 12.8. The Morgan fingerprint density at radius 2 is 2.06 bits per heavy atom. The van der Waals surface area contributed by atoms with E-state index in [4.69, 9.17) is 0 Å². The minimum atomic E-state index is -0.406. The zero-order chi connectivity index (χ0) is 12.8. The second kappa shape index (κ2) is 6.36. The highest BCUT2D eigenvalue weighted by atomic mass is 16.3. The van der Waals surface area contributed by atoms with Crippen molar-refractivity contribution in [2.45, 2.75) is 38.8 Å². The third kappa shape index (κ3) is 3.20. The molecular formula is C15H20N2O. The van der Waals surface area contributed by atoms with Crippen LogP contribution in [-0.4, -0.2) is 14.7 Å². The van der Waals surface area contributed by atoms with Gasteiger partial charge in [-0.2, -0.15) is 0 Å². The summed E-state index contributed by atoms with van der Waals surface area (Å²) < 4.78 is 1.99. The molecule has 0 aliphatic rings. The highest BCUT2D eigenvalue weighted by Crippen LogP contribution is 2.19. The molecule has 0 saturated heterocycles. The summed E-state index contributed by atoms with van der Waals surface area (Å²) in [5.41, 5.74) is 2.25. The molecule has 96 valence electrons. The summed E-state index contributed by atoms with van der Waals surface area (Å²) in [6.07, 6.45) is 5.90. The van der Waals surface area contributed by atoms with E-state index >= 15 is 0 Å². The Labute approximate surface area is 108 Å². The highest BCUT2D eigenvalue weighted by Gasteiger charge is 2.11. The van der Waals surface area contributed by atoms with Gasteiger partial charge in [-0.05, 0) is 31.7 Å². The van der Waals surface area contributed by atoms with Crippen LogP contribution in [0.4, 0.5) is 0 Å². The highest BCUT2D eigenvalue weighted by molar-refractivity contribution is 5.14. The fourth-order valence-electron chi connectivity index (χ4n) is 2.16. The lowest BCUT2D eigenvalue weighted by Crippen LogP contribution is -2.06. The van der Waals surface area contributed by atoms with E-state index in [1.807, 2.05) is 10.6 Å². The average Bonchev–Trinajstić information content (AvgIpc) is 2.88. The fraction of sp³-hybridized carbons (Fsp3) is 0.400. The Hall–Kier alpha value is -1.61. The SMILES string of the molecule is CCn1cncc1C(O)CCCc1ccccc1. The van der Waals surface area contributed by atoms with Crippen LogP contribution in [0, 0.1) is 0 Å². The zero-order valence-electron chi connectivity index (χ0n) is 10.8. The van der Waals surface area contributed by atoms with Crippen LogP contribution in [0.1, 0.15) is 37.1 Å². The molecule has 1 N–H and O–H groups in total. The standard InChI is InChI=1S/C15H20N2O/c1-2-17-12-16-11-14(17)15(18)10-6-9-13-7-4-3-5-8-13/h3-5,7-8,11-12,15,18H,2,6,9-10H2,1H3. The topological polar surface area (TPSA) is 38.0 Å². The molecule has 0 amide bonds. The molecule has 2 aromatic rings. The molecule has 0 saturated carbocycles. The molecule has 3 heteroatoms. The van der Waals surface area contributed by atoms with Crippen LogP contribution in [0.25, 0.3) is 0 Å². The molecule has 1 aromatic carbocycles. The molecule has 3 nitrogen and oxygen atoms in total. The molecule has 1 atom stereocenters. The van der Waals surface area contributed by atoms with Crippen molar-refractivity contribution in [3.05, 3.63) is 54.1 Å². The maximum Gasteiger partial charge on any atom is 0.0955 e. The summed E-state index contributed by atoms with van der Waals surface area (Å²) >= 11 is 0. The lowest BCUT2D eigenvalue weighted by molar-refractivity contribution is 0.155. The number of nitrogens with zero attached hydrogens (tertiary/aromatic N) is 2. The molecular weight excluding hydrogens is 224 g/mol. The number of aryl methyl sites for hydroxylation is 2. The van der Waals surface area contributed by atoms with Crippen molar-refractivity contribution in [2.24, 2.45) is 0 Å². The largest absolute Gasteiger partial charge is 0.387 e. The molecule has 0 spiro atoms. The van der Waals surface area contributed by atoms with Gasteiger partial charge < -0.3 is 9.67 Å². The number of aliphatic hydroxyl groups is 1. The van der Waals surface area contributed by atoms with E-state index < -0.39 is 6.10 Å². The van der Waals surface area contributed by atoms with E-state index in [-0.39, 0.29) is 0 Å². The summed E-state index contributed by atoms with van der Waals surface area (Å²) in [4.78, 5) is 4.08. The number of hydrogen-bond donors (Lipinski definition) is 1. The van der Waals surface area contributed by atoms with Gasteiger partial charge >= 0.3 is 0 Å². The van der Waals surface area contributed by atoms with Crippen molar-refractivity contribution < 1.29 is 5.11 Å². The summed E-state index contributed by atoms with van der Waals surface area (Å²) in [7, 11) is 0. The van der Waals surface area contributed by atoms with Crippen LogP contribution in [-0.2, 0) is 13.0 Å². The molecule has 1 aromatic heterocycles. The van der Waals surface area contributed by atoms with Gasteiger partial charge in [-0.3, -0.25) is 0 Å². The van der Waals surface area contributed by atoms with Crippen LogP contribution < -0.4 is 0 Å². The first-order chi connectivity index (χ1) is 8.81. The van der Waals surface area contributed by atoms with E-state index in [1.54, 1.807) is 12.5 Å². The quantitative estimate of drug-likeness (QED) is 0.848. The first-order valence-electron chi connectivity index (χ1n) is 6.53. The number of rotatable bonds is 6. The number of aromatic nitrogens is 2. The molecule has 1 heterocycles. The van der Waals surface area contributed by atoms with Crippen LogP contribution in [0.2, 0.25) is 0 Å². The molecule has 2 rings (SSSR count). The first-order valence-corrected chi connectivity index (χ1v) is 6.53. The monoisotopic (exact) mass is 244 g/mol. The van der Waals surface area contributed by atoms with Crippen molar-refractivity contribution in [1.82, 2.24) is 9.55 Å². The van der Waals surface area contributed by atoms with Crippen LogP contribution in [0.3, 0.4) is 0 Å². The van der Waals surface area contributed by atoms with Gasteiger partial charge in [-0.15, -0.1) is 0 Å². The van der Waals surface area contributed by atoms with E-state index in [2.05, 4.69) is 36.2 Å². The number of aliphatic hydroxyl groups excluding tert-OH is 1. The maximum absolute atomic E-state index is 10.1. The average molecular weight is 244 g/mol. The Balaban J connectivity index is 1.84. The Bertz CT molecular complexity index is 464. The van der Waals surface area contributed by atoms with Crippen LogP contribution in [0.5, 0.6) is 0 Å². The third-order valence-corrected chi connectivity index (χ3v) is 3.21. The summed E-state index contributed by atoms with van der Waals surface area (Å²) in [6, 6.07) is 10.4. The maximum atomic E-state index is 10.1. The van der Waals surface area contributed by atoms with Gasteiger partial charge in [-0.25, -0.2) is 4.98 Å². The molecule has 18 heavy (non-hydrogen) atoms. The second-order valence-electron chi connectivity index (χ2n) is 4.50. The van der Waals surface area contributed by atoms with Gasteiger partial charge in [0.2, 0.25) is 0 Å². The predicted octanol–water partition coefficient (Wildman–Crippen LogP) is 2.96. The molecule has 0 radical (unpaired) electrons. The minimum absolute atomic E-state index is 0.406. The van der Waals surface area contributed by atoms with E-state index in [0.29, 0.717) is 0 Å². The molecule has 0 aliphatic heterocycles. The minimum Gasteiger partial charge on any atom is -0.387 e. The Kier molecular flexibility index (Phi) is 4.53. The van der Waals surface area contributed by atoms with Gasteiger partial charge in [-0.1, -0.05) is 30.3 Å².